The molecule has 2 saturated heterocycles. The number of ether oxygens (including phenoxy) is 4. The second-order valence-electron chi connectivity index (χ2n) is 14.7. The predicted molar refractivity (Wildman–Crippen MR) is 171 cm³/mol. The third-order valence-electron chi connectivity index (χ3n) is 12.3. The summed E-state index contributed by atoms with van der Waals surface area (Å²) in [6.45, 7) is 10.2. The van der Waals surface area contributed by atoms with Crippen molar-refractivity contribution in [3.8, 4) is 11.5 Å². The fraction of sp³-hybridized carbons (Fsp3) is 0.684. The first-order valence-electron chi connectivity index (χ1n) is 17.4. The highest BCUT2D eigenvalue weighted by Crippen LogP contribution is 2.71. The van der Waals surface area contributed by atoms with Crippen LogP contribution in [-0.4, -0.2) is 57.3 Å². The zero-order valence-corrected chi connectivity index (χ0v) is 26.8. The van der Waals surface area contributed by atoms with Crippen LogP contribution in [0.25, 0.3) is 0 Å². The average Bonchev–Trinajstić information content (AvgIpc) is 3.38. The Labute approximate surface area is 259 Å². The molecule has 43 heavy (non-hydrogen) atoms. The second kappa shape index (κ2) is 12.4. The lowest BCUT2D eigenvalue weighted by Crippen LogP contribution is -2.53. The van der Waals surface area contributed by atoms with Crippen molar-refractivity contribution in [3.05, 3.63) is 59.2 Å². The Kier molecular flexibility index (Phi) is 8.52. The summed E-state index contributed by atoms with van der Waals surface area (Å²) in [6, 6.07) is 16.1. The van der Waals surface area contributed by atoms with Crippen LogP contribution in [0, 0.1) is 16.7 Å². The van der Waals surface area contributed by atoms with Gasteiger partial charge in [0.25, 0.3) is 0 Å². The minimum Gasteiger partial charge on any atom is -0.497 e. The van der Waals surface area contributed by atoms with Gasteiger partial charge in [0, 0.05) is 13.2 Å². The number of likely N-dealkylation sites (tertiary alicyclic amines) is 1. The van der Waals surface area contributed by atoms with Crippen LogP contribution in [0.15, 0.2) is 42.5 Å². The standard InChI is InChI=1S/C38H53NO4/c1-37-19-18-28-25-30(40-3)14-15-31(28)36(37)32(26-38(2)33(37)16-17-34(38)43-35-9-5-8-23-42-35)27-10-12-29(13-11-27)41-24-22-39-20-6-4-7-21-39/h10-15,25,32-36H,4-9,16-24,26H2,1-3H3/t32-,33+,34+,35?,36+,37+,38+/m1/s1. The summed E-state index contributed by atoms with van der Waals surface area (Å²) in [6.07, 6.45) is 13.6. The van der Waals surface area contributed by atoms with E-state index < -0.39 is 0 Å². The molecule has 2 saturated carbocycles. The minimum absolute atomic E-state index is 0.0285. The summed E-state index contributed by atoms with van der Waals surface area (Å²) < 4.78 is 24.9. The third kappa shape index (κ3) is 5.64. The van der Waals surface area contributed by atoms with Crippen LogP contribution >= 0.6 is 0 Å². The molecule has 4 fully saturated rings. The smallest absolute Gasteiger partial charge is 0.157 e. The van der Waals surface area contributed by atoms with Gasteiger partial charge >= 0.3 is 0 Å². The van der Waals surface area contributed by atoms with Gasteiger partial charge in [0.1, 0.15) is 18.1 Å². The summed E-state index contributed by atoms with van der Waals surface area (Å²) >= 11 is 0. The molecular weight excluding hydrogens is 534 g/mol. The Bertz CT molecular complexity index is 1240. The quantitative estimate of drug-likeness (QED) is 0.312. The summed E-state index contributed by atoms with van der Waals surface area (Å²) in [5.41, 5.74) is 4.82. The Balaban J connectivity index is 1.17. The van der Waals surface area contributed by atoms with Crippen molar-refractivity contribution < 1.29 is 18.9 Å². The molecule has 0 spiro atoms. The molecule has 7 atom stereocenters. The van der Waals surface area contributed by atoms with Crippen LogP contribution < -0.4 is 9.47 Å². The van der Waals surface area contributed by atoms with E-state index >= 15 is 0 Å². The highest BCUT2D eigenvalue weighted by atomic mass is 16.7. The summed E-state index contributed by atoms with van der Waals surface area (Å²) in [7, 11) is 1.79. The molecule has 3 aliphatic carbocycles. The van der Waals surface area contributed by atoms with Crippen molar-refractivity contribution in [3.63, 3.8) is 0 Å². The highest BCUT2D eigenvalue weighted by Gasteiger charge is 2.63. The van der Waals surface area contributed by atoms with Crippen LogP contribution in [0.4, 0.5) is 0 Å². The summed E-state index contributed by atoms with van der Waals surface area (Å²) in [5.74, 6) is 3.52. The molecule has 2 aromatic carbocycles. The Hall–Kier alpha value is -2.08. The van der Waals surface area contributed by atoms with Crippen molar-refractivity contribution in [1.29, 1.82) is 0 Å². The number of rotatable bonds is 8. The van der Waals surface area contributed by atoms with Gasteiger partial charge in [-0.2, -0.15) is 0 Å². The van der Waals surface area contributed by atoms with Crippen LogP contribution in [-0.2, 0) is 15.9 Å². The first kappa shape index (κ1) is 29.6. The Morgan fingerprint density at radius 1 is 0.884 bits per heavy atom. The van der Waals surface area contributed by atoms with E-state index in [0.717, 1.165) is 63.4 Å². The SMILES string of the molecule is COc1ccc2c(c1)CC[C@@]1(C)[C@@H]3CC[C@H](OC4CCCCO4)[C@@]3(C)C[C@H](c3ccc(OCCN4CCCCC4)cc3)[C@H]21. The maximum atomic E-state index is 6.88. The number of hydrogen-bond donors (Lipinski definition) is 0. The molecule has 0 aromatic heterocycles. The van der Waals surface area contributed by atoms with Gasteiger partial charge < -0.3 is 18.9 Å². The van der Waals surface area contributed by atoms with Gasteiger partial charge in [-0.25, -0.2) is 0 Å². The van der Waals surface area contributed by atoms with Crippen molar-refractivity contribution in [2.24, 2.45) is 16.7 Å². The fourth-order valence-corrected chi connectivity index (χ4v) is 10.2. The Morgan fingerprint density at radius 2 is 1.70 bits per heavy atom. The predicted octanol–water partition coefficient (Wildman–Crippen LogP) is 8.11. The maximum absolute atomic E-state index is 6.88. The normalized spacial score (nSPS) is 35.9. The third-order valence-corrected chi connectivity index (χ3v) is 12.3. The number of nitrogens with zero attached hydrogens (tertiary/aromatic N) is 1. The van der Waals surface area contributed by atoms with Crippen LogP contribution in [0.3, 0.4) is 0 Å². The van der Waals surface area contributed by atoms with Crippen molar-refractivity contribution in [2.75, 3.05) is 40.0 Å². The van der Waals surface area contributed by atoms with E-state index in [1.807, 2.05) is 0 Å². The molecule has 2 heterocycles. The summed E-state index contributed by atoms with van der Waals surface area (Å²) in [5, 5.41) is 0. The lowest BCUT2D eigenvalue weighted by atomic mass is 9.44. The number of hydrogen-bond acceptors (Lipinski definition) is 5. The van der Waals surface area contributed by atoms with Crippen molar-refractivity contribution in [2.45, 2.75) is 109 Å². The fourth-order valence-electron chi connectivity index (χ4n) is 10.2. The van der Waals surface area contributed by atoms with Gasteiger partial charge in [-0.3, -0.25) is 4.90 Å². The van der Waals surface area contributed by atoms with E-state index in [1.165, 1.54) is 62.7 Å². The van der Waals surface area contributed by atoms with Crippen molar-refractivity contribution >= 4 is 0 Å². The minimum atomic E-state index is -0.0285. The van der Waals surface area contributed by atoms with Gasteiger partial charge in [0.15, 0.2) is 6.29 Å². The zero-order valence-electron chi connectivity index (χ0n) is 26.8. The molecule has 5 nitrogen and oxygen atoms in total. The van der Waals surface area contributed by atoms with E-state index in [2.05, 4.69) is 61.2 Å². The molecule has 0 bridgehead atoms. The number of piperidine rings is 1. The molecule has 0 amide bonds. The summed E-state index contributed by atoms with van der Waals surface area (Å²) in [4.78, 5) is 2.55. The van der Waals surface area contributed by atoms with Gasteiger partial charge in [-0.05, 0) is 147 Å². The van der Waals surface area contributed by atoms with Gasteiger partial charge in [0.2, 0.25) is 0 Å². The van der Waals surface area contributed by atoms with Crippen LogP contribution in [0.2, 0.25) is 0 Å². The van der Waals surface area contributed by atoms with Gasteiger partial charge in [0.05, 0.1) is 13.2 Å². The lowest BCUT2D eigenvalue weighted by molar-refractivity contribution is -0.217. The molecule has 234 valence electrons. The topological polar surface area (TPSA) is 40.2 Å². The molecule has 7 rings (SSSR count). The first-order valence-corrected chi connectivity index (χ1v) is 17.4. The molecule has 5 aliphatic rings. The number of benzene rings is 2. The van der Waals surface area contributed by atoms with Crippen LogP contribution in [0.1, 0.15) is 107 Å². The number of aryl methyl sites for hydroxylation is 1. The van der Waals surface area contributed by atoms with E-state index in [9.17, 15) is 0 Å². The Morgan fingerprint density at radius 3 is 2.47 bits per heavy atom. The second-order valence-corrected chi connectivity index (χ2v) is 14.7. The van der Waals surface area contributed by atoms with E-state index in [4.69, 9.17) is 18.9 Å². The van der Waals surface area contributed by atoms with Gasteiger partial charge in [-0.15, -0.1) is 0 Å². The number of fused-ring (bicyclic) bond motifs is 5. The molecule has 0 N–H and O–H groups in total. The van der Waals surface area contributed by atoms with E-state index in [0.29, 0.717) is 17.8 Å². The van der Waals surface area contributed by atoms with Gasteiger partial charge in [-0.1, -0.05) is 38.5 Å². The molecule has 1 unspecified atom stereocenters. The van der Waals surface area contributed by atoms with Crippen molar-refractivity contribution in [1.82, 2.24) is 4.90 Å². The average molecular weight is 588 g/mol. The lowest BCUT2D eigenvalue weighted by Gasteiger charge is -2.60. The molecule has 2 aromatic rings. The largest absolute Gasteiger partial charge is 0.497 e. The monoisotopic (exact) mass is 587 g/mol. The van der Waals surface area contributed by atoms with E-state index in [-0.39, 0.29) is 23.2 Å². The highest BCUT2D eigenvalue weighted by molar-refractivity contribution is 5.45. The van der Waals surface area contributed by atoms with E-state index in [1.54, 1.807) is 12.7 Å². The molecule has 0 radical (unpaired) electrons. The first-order chi connectivity index (χ1) is 21.0. The number of methoxy groups -OCH3 is 1. The molecule has 5 heteroatoms. The molecule has 2 aliphatic heterocycles. The molecular formula is C38H53NO4. The van der Waals surface area contributed by atoms with Crippen LogP contribution in [0.5, 0.6) is 11.5 Å². The maximum Gasteiger partial charge on any atom is 0.157 e. The zero-order chi connectivity index (χ0) is 29.4.